The van der Waals surface area contributed by atoms with Gasteiger partial charge in [-0.1, -0.05) is 58.0 Å². The van der Waals surface area contributed by atoms with Crippen LogP contribution in [0.5, 0.6) is 0 Å². The van der Waals surface area contributed by atoms with E-state index < -0.39 is 8.32 Å². The van der Waals surface area contributed by atoms with Gasteiger partial charge in [-0.25, -0.2) is 0 Å². The summed E-state index contributed by atoms with van der Waals surface area (Å²) in [4.78, 5) is 12.8. The second-order valence-electron chi connectivity index (χ2n) is 4.47. The molecule has 0 saturated carbocycles. The quantitative estimate of drug-likeness (QED) is 0.679. The van der Waals surface area contributed by atoms with Crippen molar-refractivity contribution in [2.24, 2.45) is 0 Å². The van der Waals surface area contributed by atoms with E-state index in [0.29, 0.717) is 0 Å². The molecule has 0 aliphatic rings. The Morgan fingerprint density at radius 1 is 0.929 bits per heavy atom. The lowest BCUT2D eigenvalue weighted by Crippen LogP contribution is -2.52. The zero-order valence-electron chi connectivity index (χ0n) is 9.45. The van der Waals surface area contributed by atoms with Gasteiger partial charge in [0.05, 0.1) is 0 Å². The first-order chi connectivity index (χ1) is 6.49. The fourth-order valence-electron chi connectivity index (χ4n) is 2.03. The molecule has 14 heavy (non-hydrogen) atoms. The fourth-order valence-corrected chi connectivity index (χ4v) is 5.41. The molecule has 0 aliphatic heterocycles. The maximum Gasteiger partial charge on any atom is 0.273 e. The summed E-state index contributed by atoms with van der Waals surface area (Å²) in [5, 5.41) is 1.05. The maximum atomic E-state index is 12.8. The molecule has 1 nitrogen and oxygen atoms in total. The van der Waals surface area contributed by atoms with Crippen molar-refractivity contribution in [3.8, 4) is 0 Å². The number of hydrogen-bond acceptors (Lipinski definition) is 0. The van der Waals surface area contributed by atoms with Crippen LogP contribution < -0.4 is 5.19 Å². The zero-order chi connectivity index (χ0) is 10.8. The molecule has 0 unspecified atom stereocenters. The molecule has 0 amide bonds. The van der Waals surface area contributed by atoms with Gasteiger partial charge >= 0.3 is 0 Å². The normalized spacial score (nSPS) is 12.5. The maximum absolute atomic E-state index is 12.8. The van der Waals surface area contributed by atoms with Gasteiger partial charge in [0.15, 0.2) is 0 Å². The SMILES string of the molecule is CC(C)[Si]([O])(c1ccccc1)C(C)C. The first kappa shape index (κ1) is 11.5. The minimum atomic E-state index is -2.53. The van der Waals surface area contributed by atoms with E-state index in [1.807, 2.05) is 30.3 Å². The van der Waals surface area contributed by atoms with Gasteiger partial charge in [-0.3, -0.25) is 4.80 Å². The predicted molar refractivity (Wildman–Crippen MR) is 62.7 cm³/mol. The number of rotatable bonds is 3. The van der Waals surface area contributed by atoms with Crippen molar-refractivity contribution in [2.45, 2.75) is 38.8 Å². The summed E-state index contributed by atoms with van der Waals surface area (Å²) in [5.41, 5.74) is 0.509. The Morgan fingerprint density at radius 2 is 1.36 bits per heavy atom. The Bertz CT molecular complexity index is 272. The summed E-state index contributed by atoms with van der Waals surface area (Å²) in [6, 6.07) is 9.91. The molecule has 77 valence electrons. The van der Waals surface area contributed by atoms with Gasteiger partial charge in [-0.15, -0.1) is 0 Å². The van der Waals surface area contributed by atoms with E-state index in [1.54, 1.807) is 0 Å². The van der Waals surface area contributed by atoms with Crippen LogP contribution in [0.4, 0.5) is 0 Å². The van der Waals surface area contributed by atoms with Crippen molar-refractivity contribution in [3.05, 3.63) is 30.3 Å². The van der Waals surface area contributed by atoms with Gasteiger partial charge in [-0.2, -0.15) is 0 Å². The Balaban J connectivity index is 3.13. The molecule has 0 N–H and O–H groups in total. The van der Waals surface area contributed by atoms with E-state index in [1.165, 1.54) is 0 Å². The van der Waals surface area contributed by atoms with Crippen LogP contribution in [0.3, 0.4) is 0 Å². The minimum absolute atomic E-state index is 0.255. The summed E-state index contributed by atoms with van der Waals surface area (Å²) in [7, 11) is -2.53. The average molecular weight is 207 g/mol. The van der Waals surface area contributed by atoms with Crippen molar-refractivity contribution >= 4 is 13.5 Å². The van der Waals surface area contributed by atoms with Crippen molar-refractivity contribution in [3.63, 3.8) is 0 Å². The molecular formula is C12H19OSi. The average Bonchev–Trinajstić information content (AvgIpc) is 2.17. The Kier molecular flexibility index (Phi) is 3.51. The van der Waals surface area contributed by atoms with Crippen LogP contribution >= 0.6 is 0 Å². The van der Waals surface area contributed by atoms with Crippen molar-refractivity contribution in [2.75, 3.05) is 0 Å². The van der Waals surface area contributed by atoms with Crippen molar-refractivity contribution in [1.82, 2.24) is 0 Å². The van der Waals surface area contributed by atoms with Crippen LogP contribution in [-0.4, -0.2) is 8.32 Å². The molecule has 1 rings (SSSR count). The van der Waals surface area contributed by atoms with Gasteiger partial charge in [-0.05, 0) is 16.3 Å². The highest BCUT2D eigenvalue weighted by molar-refractivity contribution is 6.87. The molecule has 0 heterocycles. The molecule has 0 aliphatic carbocycles. The molecule has 0 aromatic heterocycles. The highest BCUT2D eigenvalue weighted by Gasteiger charge is 2.42. The van der Waals surface area contributed by atoms with Crippen LogP contribution in [0.1, 0.15) is 27.7 Å². The van der Waals surface area contributed by atoms with E-state index >= 15 is 0 Å². The molecule has 1 aromatic carbocycles. The Morgan fingerprint density at radius 3 is 1.71 bits per heavy atom. The minimum Gasteiger partial charge on any atom is -0.291 e. The van der Waals surface area contributed by atoms with E-state index in [4.69, 9.17) is 0 Å². The molecule has 0 saturated heterocycles. The third kappa shape index (κ3) is 1.91. The Labute approximate surface area is 87.9 Å². The second kappa shape index (κ2) is 4.28. The lowest BCUT2D eigenvalue weighted by atomic mass is 10.4. The van der Waals surface area contributed by atoms with Crippen molar-refractivity contribution in [1.29, 1.82) is 0 Å². The predicted octanol–water partition coefficient (Wildman–Crippen LogP) is 3.09. The highest BCUT2D eigenvalue weighted by atomic mass is 28.4. The first-order valence-corrected chi connectivity index (χ1v) is 7.31. The fraction of sp³-hybridized carbons (Fsp3) is 0.500. The summed E-state index contributed by atoms with van der Waals surface area (Å²) in [6.07, 6.45) is 0. The summed E-state index contributed by atoms with van der Waals surface area (Å²) < 4.78 is 0. The van der Waals surface area contributed by atoms with Crippen LogP contribution in [0, 0.1) is 0 Å². The van der Waals surface area contributed by atoms with E-state index in [0.717, 1.165) is 5.19 Å². The standard InChI is InChI=1S/C12H19OSi/c1-10(2)14(13,11(3)4)12-8-6-5-7-9-12/h5-11H,1-4H3. The molecule has 0 bridgehead atoms. The molecule has 0 spiro atoms. The van der Waals surface area contributed by atoms with Crippen molar-refractivity contribution < 1.29 is 4.80 Å². The third-order valence-electron chi connectivity index (χ3n) is 2.94. The van der Waals surface area contributed by atoms with Crippen LogP contribution in [0.2, 0.25) is 11.1 Å². The smallest absolute Gasteiger partial charge is 0.273 e. The lowest BCUT2D eigenvalue weighted by Gasteiger charge is -2.30. The monoisotopic (exact) mass is 207 g/mol. The number of hydrogen-bond donors (Lipinski definition) is 0. The molecule has 1 aromatic rings. The molecule has 2 heteroatoms. The summed E-state index contributed by atoms with van der Waals surface area (Å²) >= 11 is 0. The third-order valence-corrected chi connectivity index (χ3v) is 7.61. The largest absolute Gasteiger partial charge is 0.291 e. The zero-order valence-corrected chi connectivity index (χ0v) is 10.4. The van der Waals surface area contributed by atoms with Gasteiger partial charge < -0.3 is 0 Å². The molecule has 0 atom stereocenters. The Hall–Kier alpha value is -0.603. The van der Waals surface area contributed by atoms with Crippen LogP contribution in [-0.2, 0) is 4.80 Å². The first-order valence-electron chi connectivity index (χ1n) is 5.25. The number of benzene rings is 1. The van der Waals surface area contributed by atoms with E-state index in [2.05, 4.69) is 27.7 Å². The van der Waals surface area contributed by atoms with Gasteiger partial charge in [0.2, 0.25) is 0 Å². The molecular weight excluding hydrogens is 188 g/mol. The van der Waals surface area contributed by atoms with E-state index in [-0.39, 0.29) is 11.1 Å². The second-order valence-corrected chi connectivity index (χ2v) is 8.94. The summed E-state index contributed by atoms with van der Waals surface area (Å²) in [6.45, 7) is 8.25. The lowest BCUT2D eigenvalue weighted by molar-refractivity contribution is 0.404. The highest BCUT2D eigenvalue weighted by Crippen LogP contribution is 2.29. The molecule has 1 radical (unpaired) electrons. The summed E-state index contributed by atoms with van der Waals surface area (Å²) in [5.74, 6) is 0. The topological polar surface area (TPSA) is 19.9 Å². The van der Waals surface area contributed by atoms with Gasteiger partial charge in [0.1, 0.15) is 0 Å². The van der Waals surface area contributed by atoms with E-state index in [9.17, 15) is 4.80 Å². The molecule has 0 fully saturated rings. The van der Waals surface area contributed by atoms with Crippen LogP contribution in [0.25, 0.3) is 0 Å². The van der Waals surface area contributed by atoms with Gasteiger partial charge in [0.25, 0.3) is 8.32 Å². The van der Waals surface area contributed by atoms with Crippen LogP contribution in [0.15, 0.2) is 30.3 Å². The van der Waals surface area contributed by atoms with Gasteiger partial charge in [0, 0.05) is 0 Å².